The predicted molar refractivity (Wildman–Crippen MR) is 99.5 cm³/mol. The predicted octanol–water partition coefficient (Wildman–Crippen LogP) is 0.757. The molecular formula is C20H24N4O3. The Morgan fingerprint density at radius 3 is 2.78 bits per heavy atom. The Kier molecular flexibility index (Phi) is 4.70. The quantitative estimate of drug-likeness (QED) is 0.750. The highest BCUT2D eigenvalue weighted by Gasteiger charge is 2.39. The van der Waals surface area contributed by atoms with Gasteiger partial charge in [-0.1, -0.05) is 12.1 Å². The smallest absolute Gasteiger partial charge is 0.255 e. The molecule has 1 unspecified atom stereocenters. The average molecular weight is 368 g/mol. The topological polar surface area (TPSA) is 81.8 Å². The number of imide groups is 1. The number of nitrogens with one attached hydrogen (secondary N) is 2. The number of amides is 3. The van der Waals surface area contributed by atoms with E-state index in [9.17, 15) is 14.4 Å². The zero-order chi connectivity index (χ0) is 19.0. The van der Waals surface area contributed by atoms with Crippen molar-refractivity contribution in [2.75, 3.05) is 20.1 Å². The number of benzene rings is 1. The first-order valence-electron chi connectivity index (χ1n) is 9.38. The highest BCUT2D eigenvalue weighted by molar-refractivity contribution is 6.05. The molecule has 1 aromatic carbocycles. The summed E-state index contributed by atoms with van der Waals surface area (Å²) in [5, 5.41) is 5.59. The Balaban J connectivity index is 1.50. The van der Waals surface area contributed by atoms with E-state index in [0.717, 1.165) is 37.2 Å². The van der Waals surface area contributed by atoms with Crippen molar-refractivity contribution < 1.29 is 14.4 Å². The van der Waals surface area contributed by atoms with E-state index in [1.807, 2.05) is 12.1 Å². The van der Waals surface area contributed by atoms with Crippen LogP contribution in [0.4, 0.5) is 0 Å². The van der Waals surface area contributed by atoms with Crippen LogP contribution >= 0.6 is 0 Å². The van der Waals surface area contributed by atoms with Crippen LogP contribution in [0.2, 0.25) is 0 Å². The number of hydrogen-bond donors (Lipinski definition) is 2. The van der Waals surface area contributed by atoms with Gasteiger partial charge in [0, 0.05) is 38.2 Å². The summed E-state index contributed by atoms with van der Waals surface area (Å²) in [5.41, 5.74) is 4.17. The Hall–Kier alpha value is -2.67. The summed E-state index contributed by atoms with van der Waals surface area (Å²) >= 11 is 0. The van der Waals surface area contributed by atoms with Gasteiger partial charge in [0.1, 0.15) is 6.04 Å². The molecule has 0 bridgehead atoms. The van der Waals surface area contributed by atoms with Crippen LogP contribution in [0.1, 0.15) is 40.7 Å². The third-order valence-electron chi connectivity index (χ3n) is 5.49. The Morgan fingerprint density at radius 1 is 1.19 bits per heavy atom. The van der Waals surface area contributed by atoms with Gasteiger partial charge in [-0.2, -0.15) is 0 Å². The number of likely N-dealkylation sites (N-methyl/N-ethyl adjacent to an activating group) is 1. The van der Waals surface area contributed by atoms with Gasteiger partial charge in [-0.15, -0.1) is 0 Å². The normalized spacial score (nSPS) is 22.0. The number of piperidine rings is 1. The summed E-state index contributed by atoms with van der Waals surface area (Å²) in [5.74, 6) is -0.753. The minimum Gasteiger partial charge on any atom is -0.391 e. The molecule has 2 N–H and O–H groups in total. The molecule has 3 aliphatic heterocycles. The van der Waals surface area contributed by atoms with Gasteiger partial charge in [0.05, 0.1) is 0 Å². The summed E-state index contributed by atoms with van der Waals surface area (Å²) in [6.45, 7) is 3.06. The van der Waals surface area contributed by atoms with Crippen LogP contribution in [0, 0.1) is 0 Å². The van der Waals surface area contributed by atoms with E-state index in [2.05, 4.69) is 34.8 Å². The summed E-state index contributed by atoms with van der Waals surface area (Å²) in [6, 6.07) is 5.22. The van der Waals surface area contributed by atoms with E-state index in [4.69, 9.17) is 0 Å². The van der Waals surface area contributed by atoms with Crippen molar-refractivity contribution >= 4 is 17.7 Å². The number of hydrogen-bond acceptors (Lipinski definition) is 5. The number of carbonyl (C=O) groups excluding carboxylic acids is 3. The fourth-order valence-electron chi connectivity index (χ4n) is 4.14. The molecule has 4 rings (SSSR count). The van der Waals surface area contributed by atoms with Crippen molar-refractivity contribution in [3.63, 3.8) is 0 Å². The molecule has 3 amide bonds. The molecule has 1 fully saturated rings. The first kappa shape index (κ1) is 17.7. The molecule has 0 spiro atoms. The van der Waals surface area contributed by atoms with Gasteiger partial charge in [0.2, 0.25) is 11.8 Å². The third kappa shape index (κ3) is 3.47. The van der Waals surface area contributed by atoms with Crippen LogP contribution in [0.25, 0.3) is 0 Å². The van der Waals surface area contributed by atoms with Crippen molar-refractivity contribution in [1.29, 1.82) is 0 Å². The van der Waals surface area contributed by atoms with E-state index >= 15 is 0 Å². The first-order valence-corrected chi connectivity index (χ1v) is 9.38. The van der Waals surface area contributed by atoms with Crippen molar-refractivity contribution in [3.05, 3.63) is 46.7 Å². The van der Waals surface area contributed by atoms with Crippen LogP contribution in [0.3, 0.4) is 0 Å². The minimum absolute atomic E-state index is 0.119. The Labute approximate surface area is 158 Å². The maximum Gasteiger partial charge on any atom is 0.255 e. The molecule has 7 nitrogen and oxygen atoms in total. The van der Waals surface area contributed by atoms with E-state index in [0.29, 0.717) is 18.5 Å². The fourth-order valence-corrected chi connectivity index (χ4v) is 4.14. The largest absolute Gasteiger partial charge is 0.391 e. The monoisotopic (exact) mass is 368 g/mol. The standard InChI is InChI=1S/C20H24N4O3/c1-23(10-13-7-8-21-9-13)11-14-3-2-4-15-16(14)12-24(20(15)27)17-5-6-18(25)22-19(17)26/h2-4,9,17,21H,5-8,10-12H2,1H3,(H,22,25,26). The molecule has 1 atom stereocenters. The summed E-state index contributed by atoms with van der Waals surface area (Å²) in [4.78, 5) is 40.3. The first-order chi connectivity index (χ1) is 13.0. The summed E-state index contributed by atoms with van der Waals surface area (Å²) in [6.07, 6.45) is 3.81. The third-order valence-corrected chi connectivity index (χ3v) is 5.49. The van der Waals surface area contributed by atoms with Gasteiger partial charge in [-0.05, 0) is 48.9 Å². The second-order valence-corrected chi connectivity index (χ2v) is 7.52. The van der Waals surface area contributed by atoms with E-state index < -0.39 is 6.04 Å². The van der Waals surface area contributed by atoms with Gasteiger partial charge in [-0.3, -0.25) is 24.6 Å². The Bertz CT molecular complexity index is 833. The van der Waals surface area contributed by atoms with Crippen LogP contribution in [0.15, 0.2) is 30.0 Å². The number of nitrogens with zero attached hydrogens (tertiary/aromatic N) is 2. The molecule has 0 aromatic heterocycles. The van der Waals surface area contributed by atoms with Gasteiger partial charge in [0.15, 0.2) is 0 Å². The highest BCUT2D eigenvalue weighted by atomic mass is 16.2. The molecule has 3 heterocycles. The zero-order valence-corrected chi connectivity index (χ0v) is 15.5. The SMILES string of the molecule is CN(CC1=CNCC1)Cc1cccc2c1CN(C1CCC(=O)NC1=O)C2=O. The molecule has 0 radical (unpaired) electrons. The van der Waals surface area contributed by atoms with E-state index in [1.165, 1.54) is 5.57 Å². The highest BCUT2D eigenvalue weighted by Crippen LogP contribution is 2.30. The van der Waals surface area contributed by atoms with Crippen molar-refractivity contribution in [3.8, 4) is 0 Å². The Morgan fingerprint density at radius 2 is 2.04 bits per heavy atom. The van der Waals surface area contributed by atoms with Crippen LogP contribution in [-0.4, -0.2) is 53.7 Å². The van der Waals surface area contributed by atoms with Crippen LogP contribution in [0.5, 0.6) is 0 Å². The van der Waals surface area contributed by atoms with Crippen LogP contribution in [-0.2, 0) is 22.7 Å². The summed E-state index contributed by atoms with van der Waals surface area (Å²) in [7, 11) is 2.08. The van der Waals surface area contributed by atoms with Gasteiger partial charge < -0.3 is 10.2 Å². The molecule has 1 aromatic rings. The number of fused-ring (bicyclic) bond motifs is 1. The van der Waals surface area contributed by atoms with Crippen molar-refractivity contribution in [2.45, 2.75) is 38.4 Å². The van der Waals surface area contributed by atoms with Gasteiger partial charge in [0.25, 0.3) is 5.91 Å². The minimum atomic E-state index is -0.567. The molecule has 0 aliphatic carbocycles. The van der Waals surface area contributed by atoms with Crippen LogP contribution < -0.4 is 10.6 Å². The van der Waals surface area contributed by atoms with Crippen molar-refractivity contribution in [1.82, 2.24) is 20.4 Å². The zero-order valence-electron chi connectivity index (χ0n) is 15.5. The second kappa shape index (κ2) is 7.15. The molecule has 3 aliphatic rings. The maximum absolute atomic E-state index is 12.9. The van der Waals surface area contributed by atoms with Gasteiger partial charge >= 0.3 is 0 Å². The van der Waals surface area contributed by atoms with E-state index in [-0.39, 0.29) is 24.1 Å². The second-order valence-electron chi connectivity index (χ2n) is 7.52. The average Bonchev–Trinajstić information content (AvgIpc) is 3.24. The lowest BCUT2D eigenvalue weighted by atomic mass is 10.0. The molecule has 0 saturated carbocycles. The molecule has 7 heteroatoms. The summed E-state index contributed by atoms with van der Waals surface area (Å²) < 4.78 is 0. The van der Waals surface area contributed by atoms with Gasteiger partial charge in [-0.25, -0.2) is 0 Å². The van der Waals surface area contributed by atoms with E-state index in [1.54, 1.807) is 4.90 Å². The lowest BCUT2D eigenvalue weighted by molar-refractivity contribution is -0.136. The lowest BCUT2D eigenvalue weighted by Gasteiger charge is -2.29. The fraction of sp³-hybridized carbons (Fsp3) is 0.450. The number of rotatable bonds is 5. The molecular weight excluding hydrogens is 344 g/mol. The number of carbonyl (C=O) groups is 3. The van der Waals surface area contributed by atoms with Crippen molar-refractivity contribution in [2.24, 2.45) is 0 Å². The molecule has 142 valence electrons. The molecule has 1 saturated heterocycles. The lowest BCUT2D eigenvalue weighted by Crippen LogP contribution is -2.52. The maximum atomic E-state index is 12.9. The molecule has 27 heavy (non-hydrogen) atoms.